The van der Waals surface area contributed by atoms with Gasteiger partial charge in [-0.15, -0.1) is 0 Å². The minimum Gasteiger partial charge on any atom is -0.313 e. The van der Waals surface area contributed by atoms with Gasteiger partial charge in [0.1, 0.15) is 0 Å². The molecule has 2 heteroatoms. The van der Waals surface area contributed by atoms with Crippen molar-refractivity contribution >= 4 is 0 Å². The quantitative estimate of drug-likeness (QED) is 0.903. The van der Waals surface area contributed by atoms with Crippen molar-refractivity contribution in [3.63, 3.8) is 0 Å². The van der Waals surface area contributed by atoms with E-state index in [0.29, 0.717) is 6.04 Å². The van der Waals surface area contributed by atoms with Crippen LogP contribution in [0.1, 0.15) is 34.0 Å². The fourth-order valence-corrected chi connectivity index (χ4v) is 2.44. The molecule has 0 amide bonds. The average Bonchev–Trinajstić information content (AvgIpc) is 2.41. The Labute approximate surface area is 115 Å². The van der Waals surface area contributed by atoms with Crippen LogP contribution in [-0.2, 0) is 6.42 Å². The van der Waals surface area contributed by atoms with E-state index in [-0.39, 0.29) is 0 Å². The van der Waals surface area contributed by atoms with Crippen LogP contribution in [0.25, 0.3) is 0 Å². The molecule has 0 fully saturated rings. The van der Waals surface area contributed by atoms with E-state index in [0.717, 1.165) is 6.42 Å². The summed E-state index contributed by atoms with van der Waals surface area (Å²) in [5.41, 5.74) is 6.51. The third-order valence-corrected chi connectivity index (χ3v) is 3.89. The molecule has 0 aliphatic rings. The van der Waals surface area contributed by atoms with Crippen molar-refractivity contribution < 1.29 is 0 Å². The number of nitrogens with one attached hydrogen (secondary N) is 1. The monoisotopic (exact) mass is 254 g/mol. The maximum absolute atomic E-state index is 4.50. The third-order valence-electron chi connectivity index (χ3n) is 3.89. The number of likely N-dealkylation sites (N-methyl/N-ethyl adjacent to an activating group) is 1. The molecule has 1 aromatic carbocycles. The van der Waals surface area contributed by atoms with Gasteiger partial charge in [0.15, 0.2) is 0 Å². The van der Waals surface area contributed by atoms with Crippen LogP contribution in [0.2, 0.25) is 0 Å². The molecule has 0 bridgehead atoms. The van der Waals surface area contributed by atoms with Crippen LogP contribution in [0, 0.1) is 20.8 Å². The van der Waals surface area contributed by atoms with Gasteiger partial charge in [0.25, 0.3) is 0 Å². The summed E-state index contributed by atoms with van der Waals surface area (Å²) in [6.07, 6.45) is 2.80. The summed E-state index contributed by atoms with van der Waals surface area (Å²) in [4.78, 5) is 4.50. The molecule has 1 atom stereocenters. The van der Waals surface area contributed by atoms with Crippen molar-refractivity contribution in [3.05, 3.63) is 64.5 Å². The van der Waals surface area contributed by atoms with Gasteiger partial charge in [-0.05, 0) is 56.1 Å². The van der Waals surface area contributed by atoms with Crippen molar-refractivity contribution in [2.75, 3.05) is 7.05 Å². The molecule has 0 aliphatic carbocycles. The Morgan fingerprint density at radius 1 is 1.05 bits per heavy atom. The molecule has 0 radical (unpaired) electrons. The number of rotatable bonds is 4. The van der Waals surface area contributed by atoms with Gasteiger partial charge in [-0.1, -0.05) is 24.3 Å². The van der Waals surface area contributed by atoms with Crippen LogP contribution in [-0.4, -0.2) is 12.0 Å². The first-order valence-electron chi connectivity index (χ1n) is 6.77. The normalized spacial score (nSPS) is 12.4. The number of hydrogen-bond donors (Lipinski definition) is 1. The second-order valence-electron chi connectivity index (χ2n) is 5.10. The maximum Gasteiger partial charge on any atom is 0.0451 e. The van der Waals surface area contributed by atoms with E-state index in [1.54, 1.807) is 0 Å². The fraction of sp³-hybridized carbons (Fsp3) is 0.353. The lowest BCUT2D eigenvalue weighted by molar-refractivity contribution is 0.579. The topological polar surface area (TPSA) is 24.9 Å². The number of hydrogen-bond acceptors (Lipinski definition) is 2. The maximum atomic E-state index is 4.50. The number of aryl methyl sites for hydroxylation is 2. The molecule has 0 saturated carbocycles. The van der Waals surface area contributed by atoms with Crippen molar-refractivity contribution in [1.82, 2.24) is 10.3 Å². The molecule has 0 saturated heterocycles. The molecule has 0 spiro atoms. The summed E-state index contributed by atoms with van der Waals surface area (Å²) in [5.74, 6) is 0. The summed E-state index contributed by atoms with van der Waals surface area (Å²) in [6, 6.07) is 10.9. The van der Waals surface area contributed by atoms with Gasteiger partial charge >= 0.3 is 0 Å². The predicted molar refractivity (Wildman–Crippen MR) is 80.4 cm³/mol. The Bertz CT molecular complexity index is 561. The van der Waals surface area contributed by atoms with Crippen LogP contribution < -0.4 is 5.32 Å². The van der Waals surface area contributed by atoms with Crippen LogP contribution >= 0.6 is 0 Å². The minimum absolute atomic E-state index is 0.313. The number of nitrogens with zero attached hydrogens (tertiary/aromatic N) is 1. The van der Waals surface area contributed by atoms with E-state index < -0.39 is 0 Å². The average molecular weight is 254 g/mol. The first-order valence-corrected chi connectivity index (χ1v) is 6.77. The highest BCUT2D eigenvalue weighted by molar-refractivity contribution is 5.36. The van der Waals surface area contributed by atoms with Crippen LogP contribution in [0.4, 0.5) is 0 Å². The zero-order chi connectivity index (χ0) is 13.8. The smallest absolute Gasteiger partial charge is 0.0451 e. The molecule has 2 nitrogen and oxygen atoms in total. The van der Waals surface area contributed by atoms with Gasteiger partial charge in [0.2, 0.25) is 0 Å². The molecule has 1 N–H and O–H groups in total. The van der Waals surface area contributed by atoms with E-state index in [1.165, 1.54) is 27.9 Å². The van der Waals surface area contributed by atoms with Gasteiger partial charge < -0.3 is 5.32 Å². The van der Waals surface area contributed by atoms with Gasteiger partial charge in [0, 0.05) is 24.4 Å². The van der Waals surface area contributed by atoms with Crippen LogP contribution in [0.5, 0.6) is 0 Å². The van der Waals surface area contributed by atoms with E-state index in [1.807, 2.05) is 19.3 Å². The standard InChI is InChI=1S/C17H22N2/c1-12-7-5-9-15(14(12)3)17(18-4)11-16-13(2)8-6-10-19-16/h5-10,17-18H,11H2,1-4H3. The Morgan fingerprint density at radius 3 is 2.47 bits per heavy atom. The Hall–Kier alpha value is -1.67. The number of aromatic nitrogens is 1. The summed E-state index contributed by atoms with van der Waals surface area (Å²) in [5, 5.41) is 3.42. The lowest BCUT2D eigenvalue weighted by Gasteiger charge is -2.20. The number of pyridine rings is 1. The van der Waals surface area contributed by atoms with Crippen molar-refractivity contribution in [2.45, 2.75) is 33.2 Å². The SMILES string of the molecule is CNC(Cc1ncccc1C)c1cccc(C)c1C. The lowest BCUT2D eigenvalue weighted by atomic mass is 9.94. The Morgan fingerprint density at radius 2 is 1.79 bits per heavy atom. The predicted octanol–water partition coefficient (Wildman–Crippen LogP) is 3.51. The highest BCUT2D eigenvalue weighted by atomic mass is 14.9. The van der Waals surface area contributed by atoms with E-state index in [2.05, 4.69) is 55.3 Å². The van der Waals surface area contributed by atoms with Crippen molar-refractivity contribution in [1.29, 1.82) is 0 Å². The second kappa shape index (κ2) is 5.98. The molecule has 100 valence electrons. The first-order chi connectivity index (χ1) is 9.13. The van der Waals surface area contributed by atoms with Gasteiger partial charge in [-0.25, -0.2) is 0 Å². The zero-order valence-electron chi connectivity index (χ0n) is 12.2. The van der Waals surface area contributed by atoms with Crippen LogP contribution in [0.3, 0.4) is 0 Å². The van der Waals surface area contributed by atoms with Gasteiger partial charge in [0.05, 0.1) is 0 Å². The number of benzene rings is 1. The molecule has 1 unspecified atom stereocenters. The molecule has 2 rings (SSSR count). The highest BCUT2D eigenvalue weighted by Gasteiger charge is 2.14. The molecule has 0 aliphatic heterocycles. The van der Waals surface area contributed by atoms with Crippen LogP contribution in [0.15, 0.2) is 36.5 Å². The molecule has 1 heterocycles. The molecular weight excluding hydrogens is 232 g/mol. The van der Waals surface area contributed by atoms with Crippen molar-refractivity contribution in [2.24, 2.45) is 0 Å². The molecule has 1 aromatic heterocycles. The largest absolute Gasteiger partial charge is 0.313 e. The van der Waals surface area contributed by atoms with Gasteiger partial charge in [-0.2, -0.15) is 0 Å². The Balaban J connectivity index is 2.31. The Kier molecular flexibility index (Phi) is 4.33. The van der Waals surface area contributed by atoms with E-state index in [4.69, 9.17) is 0 Å². The zero-order valence-corrected chi connectivity index (χ0v) is 12.2. The fourth-order valence-electron chi connectivity index (χ4n) is 2.44. The summed E-state index contributed by atoms with van der Waals surface area (Å²) in [6.45, 7) is 6.48. The van der Waals surface area contributed by atoms with Gasteiger partial charge in [-0.3, -0.25) is 4.98 Å². The summed E-state index contributed by atoms with van der Waals surface area (Å²) < 4.78 is 0. The first kappa shape index (κ1) is 13.8. The van der Waals surface area contributed by atoms with Crippen molar-refractivity contribution in [3.8, 4) is 0 Å². The lowest BCUT2D eigenvalue weighted by Crippen LogP contribution is -2.21. The second-order valence-corrected chi connectivity index (χ2v) is 5.10. The summed E-state index contributed by atoms with van der Waals surface area (Å²) >= 11 is 0. The highest BCUT2D eigenvalue weighted by Crippen LogP contribution is 2.23. The molecular formula is C17H22N2. The van der Waals surface area contributed by atoms with E-state index >= 15 is 0 Å². The van der Waals surface area contributed by atoms with E-state index in [9.17, 15) is 0 Å². The minimum atomic E-state index is 0.313. The summed E-state index contributed by atoms with van der Waals surface area (Å²) in [7, 11) is 2.02. The molecule has 2 aromatic rings. The molecule has 19 heavy (non-hydrogen) atoms. The third kappa shape index (κ3) is 3.02.